The Kier molecular flexibility index (Phi) is 6.08. The van der Waals surface area contributed by atoms with Crippen molar-refractivity contribution in [2.24, 2.45) is 0 Å². The van der Waals surface area contributed by atoms with Crippen LogP contribution in [-0.2, 0) is 4.79 Å². The summed E-state index contributed by atoms with van der Waals surface area (Å²) in [7, 11) is 0. The van der Waals surface area contributed by atoms with Crippen molar-refractivity contribution >= 4 is 23.4 Å². The smallest absolute Gasteiger partial charge is 0.269 e. The van der Waals surface area contributed by atoms with E-state index in [1.165, 1.54) is 18.2 Å². The third-order valence-electron chi connectivity index (χ3n) is 4.61. The van der Waals surface area contributed by atoms with Gasteiger partial charge in [0.15, 0.2) is 0 Å². The summed E-state index contributed by atoms with van der Waals surface area (Å²) in [6.45, 7) is 4.17. The first-order chi connectivity index (χ1) is 14.4. The van der Waals surface area contributed by atoms with Crippen LogP contribution in [0.15, 0.2) is 72.4 Å². The molecule has 1 amide bonds. The van der Waals surface area contributed by atoms with Gasteiger partial charge in [0.2, 0.25) is 0 Å². The third kappa shape index (κ3) is 4.62. The van der Waals surface area contributed by atoms with Crippen LogP contribution in [0.4, 0.5) is 11.4 Å². The molecule has 30 heavy (non-hydrogen) atoms. The number of nitro groups is 1. The molecule has 0 atom stereocenters. The first-order valence-electron chi connectivity index (χ1n) is 9.34. The Morgan fingerprint density at radius 2 is 1.80 bits per heavy atom. The van der Waals surface area contributed by atoms with Gasteiger partial charge >= 0.3 is 0 Å². The number of nitrogens with one attached hydrogen (secondary N) is 1. The van der Waals surface area contributed by atoms with Crippen molar-refractivity contribution in [1.29, 1.82) is 5.26 Å². The van der Waals surface area contributed by atoms with E-state index in [4.69, 9.17) is 0 Å². The number of nitro benzene ring substituents is 1. The Labute approximate surface area is 174 Å². The molecule has 1 heterocycles. The standard InChI is InChI=1S/C23H20N4O3/c1-16(2)17-5-7-19(8-6-17)25-23(28)18(15-24)14-22-4-3-13-26(22)20-9-11-21(12-10-20)27(29)30/h3-14,16H,1-2H3,(H,25,28). The maximum atomic E-state index is 12.6. The van der Waals surface area contributed by atoms with Gasteiger partial charge in [0.25, 0.3) is 11.6 Å². The van der Waals surface area contributed by atoms with Crippen LogP contribution in [0.1, 0.15) is 31.0 Å². The van der Waals surface area contributed by atoms with Crippen molar-refractivity contribution in [2.45, 2.75) is 19.8 Å². The molecule has 0 bridgehead atoms. The number of hydrogen-bond acceptors (Lipinski definition) is 4. The second-order valence-corrected chi connectivity index (χ2v) is 6.98. The lowest BCUT2D eigenvalue weighted by molar-refractivity contribution is -0.384. The largest absolute Gasteiger partial charge is 0.321 e. The molecule has 2 aromatic carbocycles. The van der Waals surface area contributed by atoms with Gasteiger partial charge in [-0.15, -0.1) is 0 Å². The number of amides is 1. The summed E-state index contributed by atoms with van der Waals surface area (Å²) in [5.41, 5.74) is 2.99. The first kappa shape index (κ1) is 20.6. The third-order valence-corrected chi connectivity index (χ3v) is 4.61. The van der Waals surface area contributed by atoms with Crippen molar-refractivity contribution in [2.75, 3.05) is 5.32 Å². The molecule has 0 aliphatic carbocycles. The molecule has 0 fully saturated rings. The number of anilines is 1. The van der Waals surface area contributed by atoms with E-state index in [0.717, 1.165) is 5.56 Å². The molecule has 0 aliphatic heterocycles. The number of nitrogens with zero attached hydrogens (tertiary/aromatic N) is 3. The molecule has 0 saturated carbocycles. The zero-order valence-corrected chi connectivity index (χ0v) is 16.6. The fourth-order valence-electron chi connectivity index (χ4n) is 2.93. The maximum Gasteiger partial charge on any atom is 0.269 e. The average molecular weight is 400 g/mol. The van der Waals surface area contributed by atoms with E-state index in [9.17, 15) is 20.2 Å². The van der Waals surface area contributed by atoms with Gasteiger partial charge in [0, 0.05) is 35.4 Å². The Bertz CT molecular complexity index is 1130. The number of aromatic nitrogens is 1. The van der Waals surface area contributed by atoms with E-state index in [1.54, 1.807) is 35.0 Å². The maximum absolute atomic E-state index is 12.6. The first-order valence-corrected chi connectivity index (χ1v) is 9.34. The number of rotatable bonds is 6. The Hall–Kier alpha value is -4.18. The molecule has 1 N–H and O–H groups in total. The Balaban J connectivity index is 1.83. The van der Waals surface area contributed by atoms with Crippen molar-refractivity contribution in [1.82, 2.24) is 4.57 Å². The average Bonchev–Trinajstić information content (AvgIpc) is 3.20. The number of carbonyl (C=O) groups excluding carboxylic acids is 1. The summed E-state index contributed by atoms with van der Waals surface area (Å²) < 4.78 is 1.74. The summed E-state index contributed by atoms with van der Waals surface area (Å²) in [4.78, 5) is 22.9. The highest BCUT2D eigenvalue weighted by molar-refractivity contribution is 6.09. The predicted octanol–water partition coefficient (Wildman–Crippen LogP) is 5.05. The minimum atomic E-state index is -0.508. The number of hydrogen-bond donors (Lipinski definition) is 1. The van der Waals surface area contributed by atoms with Crippen molar-refractivity contribution < 1.29 is 9.72 Å². The molecule has 0 aliphatic rings. The van der Waals surface area contributed by atoms with E-state index < -0.39 is 10.8 Å². The minimum Gasteiger partial charge on any atom is -0.321 e. The van der Waals surface area contributed by atoms with Crippen LogP contribution >= 0.6 is 0 Å². The van der Waals surface area contributed by atoms with Gasteiger partial charge in [-0.25, -0.2) is 0 Å². The number of non-ortho nitro benzene ring substituents is 1. The van der Waals surface area contributed by atoms with Gasteiger partial charge < -0.3 is 9.88 Å². The number of carbonyl (C=O) groups is 1. The zero-order valence-electron chi connectivity index (χ0n) is 16.6. The van der Waals surface area contributed by atoms with Crippen molar-refractivity contribution in [3.8, 4) is 11.8 Å². The van der Waals surface area contributed by atoms with Gasteiger partial charge in [0.05, 0.1) is 4.92 Å². The monoisotopic (exact) mass is 400 g/mol. The summed E-state index contributed by atoms with van der Waals surface area (Å²) in [6.07, 6.45) is 3.24. The highest BCUT2D eigenvalue weighted by atomic mass is 16.6. The quantitative estimate of drug-likeness (QED) is 0.271. The van der Waals surface area contributed by atoms with Gasteiger partial charge in [-0.1, -0.05) is 26.0 Å². The summed E-state index contributed by atoms with van der Waals surface area (Å²) in [5, 5.41) is 23.1. The molecule has 0 unspecified atom stereocenters. The van der Waals surface area contributed by atoms with E-state index >= 15 is 0 Å². The minimum absolute atomic E-state index is 0.0106. The van der Waals surface area contributed by atoms with Crippen LogP contribution in [0, 0.1) is 21.4 Å². The Morgan fingerprint density at radius 3 is 2.37 bits per heavy atom. The molecule has 3 rings (SSSR count). The fraction of sp³-hybridized carbons (Fsp3) is 0.130. The van der Waals surface area contributed by atoms with Gasteiger partial charge in [-0.2, -0.15) is 5.26 Å². The van der Waals surface area contributed by atoms with E-state index in [2.05, 4.69) is 19.2 Å². The van der Waals surface area contributed by atoms with Gasteiger partial charge in [-0.3, -0.25) is 14.9 Å². The summed E-state index contributed by atoms with van der Waals surface area (Å²) in [6, 6.07) is 19.0. The molecule has 1 aromatic heterocycles. The number of benzene rings is 2. The summed E-state index contributed by atoms with van der Waals surface area (Å²) >= 11 is 0. The fourth-order valence-corrected chi connectivity index (χ4v) is 2.93. The lowest BCUT2D eigenvalue weighted by atomic mass is 10.0. The second-order valence-electron chi connectivity index (χ2n) is 6.98. The summed E-state index contributed by atoms with van der Waals surface area (Å²) in [5.74, 6) is -0.122. The van der Waals surface area contributed by atoms with Crippen LogP contribution in [0.2, 0.25) is 0 Å². The second kappa shape index (κ2) is 8.88. The van der Waals surface area contributed by atoms with Gasteiger partial charge in [0.1, 0.15) is 11.6 Å². The van der Waals surface area contributed by atoms with Crippen LogP contribution in [0.5, 0.6) is 0 Å². The lowest BCUT2D eigenvalue weighted by Gasteiger charge is -2.09. The van der Waals surface area contributed by atoms with Gasteiger partial charge in [-0.05, 0) is 54.0 Å². The molecule has 0 spiro atoms. The molecule has 7 nitrogen and oxygen atoms in total. The highest BCUT2D eigenvalue weighted by Gasteiger charge is 2.12. The zero-order chi connectivity index (χ0) is 21.7. The van der Waals surface area contributed by atoms with E-state index in [0.29, 0.717) is 23.0 Å². The molecule has 3 aromatic rings. The van der Waals surface area contributed by atoms with E-state index in [-0.39, 0.29) is 11.3 Å². The van der Waals surface area contributed by atoms with Crippen LogP contribution < -0.4 is 5.32 Å². The van der Waals surface area contributed by atoms with E-state index in [1.807, 2.05) is 30.3 Å². The lowest BCUT2D eigenvalue weighted by Crippen LogP contribution is -2.13. The molecule has 150 valence electrons. The van der Waals surface area contributed by atoms with Crippen molar-refractivity contribution in [3.63, 3.8) is 0 Å². The SMILES string of the molecule is CC(C)c1ccc(NC(=O)C(C#N)=Cc2cccn2-c2ccc([N+](=O)[O-])cc2)cc1. The molecule has 7 heteroatoms. The normalized spacial score (nSPS) is 11.2. The number of nitriles is 1. The highest BCUT2D eigenvalue weighted by Crippen LogP contribution is 2.20. The molecular weight excluding hydrogens is 380 g/mol. The molecule has 0 saturated heterocycles. The predicted molar refractivity (Wildman–Crippen MR) is 115 cm³/mol. The topological polar surface area (TPSA) is 101 Å². The Morgan fingerprint density at radius 1 is 1.13 bits per heavy atom. The molecule has 0 radical (unpaired) electrons. The molecular formula is C23H20N4O3. The van der Waals surface area contributed by atoms with Crippen LogP contribution in [-0.4, -0.2) is 15.4 Å². The van der Waals surface area contributed by atoms with Crippen LogP contribution in [0.25, 0.3) is 11.8 Å². The van der Waals surface area contributed by atoms with Crippen LogP contribution in [0.3, 0.4) is 0 Å². The van der Waals surface area contributed by atoms with Crippen molar-refractivity contribution in [3.05, 3.63) is 93.8 Å².